The molecule has 0 aromatic carbocycles. The highest BCUT2D eigenvalue weighted by molar-refractivity contribution is 6.02. The predicted molar refractivity (Wildman–Crippen MR) is 59.4 cm³/mol. The van der Waals surface area contributed by atoms with Crippen molar-refractivity contribution in [1.29, 1.82) is 0 Å². The lowest BCUT2D eigenvalue weighted by Gasteiger charge is -2.39. The minimum Gasteiger partial charge on any atom is -0.493 e. The van der Waals surface area contributed by atoms with Crippen LogP contribution in [-0.4, -0.2) is 29.2 Å². The van der Waals surface area contributed by atoms with Crippen molar-refractivity contribution in [3.63, 3.8) is 0 Å². The molecule has 16 heavy (non-hydrogen) atoms. The second kappa shape index (κ2) is 3.90. The van der Waals surface area contributed by atoms with Crippen LogP contribution in [0.15, 0.2) is 6.20 Å². The maximum absolute atomic E-state index is 12.4. The molecule has 0 unspecified atom stereocenters. The molecule has 1 aromatic heterocycles. The summed E-state index contributed by atoms with van der Waals surface area (Å²) in [5, 5.41) is 4.04. The van der Waals surface area contributed by atoms with Crippen LogP contribution in [0.4, 0.5) is 0 Å². The molecule has 5 heteroatoms. The monoisotopic (exact) mass is 223 g/mol. The molecule has 0 radical (unpaired) electrons. The van der Waals surface area contributed by atoms with Gasteiger partial charge in [0.15, 0.2) is 11.5 Å². The summed E-state index contributed by atoms with van der Waals surface area (Å²) < 4.78 is 6.72. The maximum atomic E-state index is 12.4. The number of ketones is 1. The van der Waals surface area contributed by atoms with E-state index in [9.17, 15) is 4.79 Å². The van der Waals surface area contributed by atoms with E-state index in [0.717, 1.165) is 19.3 Å². The number of aromatic nitrogens is 2. The van der Waals surface area contributed by atoms with Gasteiger partial charge in [0, 0.05) is 19.0 Å². The van der Waals surface area contributed by atoms with Crippen LogP contribution in [0.1, 0.15) is 29.8 Å². The van der Waals surface area contributed by atoms with E-state index in [1.54, 1.807) is 25.0 Å². The Labute approximate surface area is 94.6 Å². The van der Waals surface area contributed by atoms with E-state index in [1.165, 1.54) is 0 Å². The van der Waals surface area contributed by atoms with E-state index in [0.29, 0.717) is 18.0 Å². The maximum Gasteiger partial charge on any atom is 0.192 e. The van der Waals surface area contributed by atoms with Crippen molar-refractivity contribution in [1.82, 2.24) is 9.78 Å². The first-order valence-corrected chi connectivity index (χ1v) is 5.45. The molecule has 1 saturated carbocycles. The van der Waals surface area contributed by atoms with Gasteiger partial charge in [-0.1, -0.05) is 6.42 Å². The number of rotatable bonds is 4. The van der Waals surface area contributed by atoms with Gasteiger partial charge in [0.2, 0.25) is 0 Å². The van der Waals surface area contributed by atoms with Gasteiger partial charge in [-0.05, 0) is 12.8 Å². The molecule has 0 amide bonds. The Morgan fingerprint density at radius 3 is 2.81 bits per heavy atom. The van der Waals surface area contributed by atoms with E-state index in [-0.39, 0.29) is 11.2 Å². The lowest BCUT2D eigenvalue weighted by atomic mass is 9.65. The molecule has 2 rings (SSSR count). The molecule has 0 bridgehead atoms. The molecule has 1 aromatic rings. The third-order valence-electron chi connectivity index (χ3n) is 3.52. The van der Waals surface area contributed by atoms with Crippen molar-refractivity contribution in [2.24, 2.45) is 18.2 Å². The second-order valence-electron chi connectivity index (χ2n) is 4.35. The molecule has 0 atom stereocenters. The van der Waals surface area contributed by atoms with E-state index in [1.807, 2.05) is 0 Å². The summed E-state index contributed by atoms with van der Waals surface area (Å²) in [5.74, 6) is 0.602. The van der Waals surface area contributed by atoms with Gasteiger partial charge in [-0.25, -0.2) is 0 Å². The molecule has 0 aliphatic heterocycles. The van der Waals surface area contributed by atoms with Crippen molar-refractivity contribution >= 4 is 5.78 Å². The van der Waals surface area contributed by atoms with Crippen molar-refractivity contribution in [2.75, 3.05) is 13.7 Å². The molecule has 88 valence electrons. The number of hydrogen-bond acceptors (Lipinski definition) is 4. The number of nitrogens with zero attached hydrogens (tertiary/aromatic N) is 2. The Kier molecular flexibility index (Phi) is 2.71. The number of carbonyl (C=O) groups is 1. The van der Waals surface area contributed by atoms with Crippen LogP contribution in [0, 0.1) is 5.41 Å². The lowest BCUT2D eigenvalue weighted by Crippen LogP contribution is -2.45. The number of carbonyl (C=O) groups excluding carboxylic acids is 1. The smallest absolute Gasteiger partial charge is 0.192 e. The third kappa shape index (κ3) is 1.43. The fraction of sp³-hybridized carbons (Fsp3) is 0.636. The molecule has 1 heterocycles. The zero-order chi connectivity index (χ0) is 11.8. The highest BCUT2D eigenvalue weighted by Gasteiger charge is 2.45. The van der Waals surface area contributed by atoms with Crippen LogP contribution in [-0.2, 0) is 7.05 Å². The molecule has 5 nitrogen and oxygen atoms in total. The van der Waals surface area contributed by atoms with Crippen LogP contribution < -0.4 is 10.5 Å². The van der Waals surface area contributed by atoms with Gasteiger partial charge < -0.3 is 10.5 Å². The predicted octanol–water partition coefficient (Wildman–Crippen LogP) is 0.740. The van der Waals surface area contributed by atoms with Crippen molar-refractivity contribution in [3.05, 3.63) is 11.9 Å². The first-order valence-electron chi connectivity index (χ1n) is 5.45. The first kappa shape index (κ1) is 11.1. The highest BCUT2D eigenvalue weighted by atomic mass is 16.5. The third-order valence-corrected chi connectivity index (χ3v) is 3.52. The molecule has 2 N–H and O–H groups in total. The number of methoxy groups -OCH3 is 1. The van der Waals surface area contributed by atoms with E-state index >= 15 is 0 Å². The summed E-state index contributed by atoms with van der Waals surface area (Å²) in [6, 6.07) is 0. The van der Waals surface area contributed by atoms with Gasteiger partial charge in [-0.2, -0.15) is 5.10 Å². The van der Waals surface area contributed by atoms with E-state index in [4.69, 9.17) is 10.5 Å². The van der Waals surface area contributed by atoms with Crippen molar-refractivity contribution < 1.29 is 9.53 Å². The number of aryl methyl sites for hydroxylation is 1. The SMILES string of the molecule is COc1cnn(C)c1C(=O)C1(CN)CCC1. The van der Waals surface area contributed by atoms with Crippen LogP contribution in [0.3, 0.4) is 0 Å². The second-order valence-corrected chi connectivity index (χ2v) is 4.35. The molecule has 0 spiro atoms. The van der Waals surface area contributed by atoms with Crippen LogP contribution in [0.25, 0.3) is 0 Å². The summed E-state index contributed by atoms with van der Waals surface area (Å²) in [5.41, 5.74) is 5.89. The topological polar surface area (TPSA) is 70.1 Å². The Morgan fingerprint density at radius 1 is 1.69 bits per heavy atom. The Morgan fingerprint density at radius 2 is 2.38 bits per heavy atom. The summed E-state index contributed by atoms with van der Waals surface area (Å²) in [6.07, 6.45) is 4.38. The van der Waals surface area contributed by atoms with Gasteiger partial charge in [0.05, 0.1) is 13.3 Å². The number of Topliss-reactive ketones (excluding diaryl/α,β-unsaturated/α-hetero) is 1. The first-order chi connectivity index (χ1) is 7.64. The normalized spacial score (nSPS) is 17.9. The van der Waals surface area contributed by atoms with Gasteiger partial charge in [-0.3, -0.25) is 9.48 Å². The zero-order valence-corrected chi connectivity index (χ0v) is 9.69. The molecular formula is C11H17N3O2. The standard InChI is InChI=1S/C11H17N3O2/c1-14-9(8(16-2)6-13-14)10(15)11(7-12)4-3-5-11/h6H,3-5,7,12H2,1-2H3. The van der Waals surface area contributed by atoms with Crippen molar-refractivity contribution in [3.8, 4) is 5.75 Å². The average molecular weight is 223 g/mol. The Bertz CT molecular complexity index is 402. The van der Waals surface area contributed by atoms with Crippen LogP contribution in [0.2, 0.25) is 0 Å². The van der Waals surface area contributed by atoms with Crippen LogP contribution in [0.5, 0.6) is 5.75 Å². The summed E-state index contributed by atoms with van der Waals surface area (Å²) >= 11 is 0. The quantitative estimate of drug-likeness (QED) is 0.764. The number of hydrogen-bond donors (Lipinski definition) is 1. The lowest BCUT2D eigenvalue weighted by molar-refractivity contribution is 0.0621. The fourth-order valence-electron chi connectivity index (χ4n) is 2.20. The molecule has 1 aliphatic rings. The summed E-state index contributed by atoms with van der Waals surface area (Å²) in [4.78, 5) is 12.4. The van der Waals surface area contributed by atoms with E-state index in [2.05, 4.69) is 5.10 Å². The van der Waals surface area contributed by atoms with Gasteiger partial charge >= 0.3 is 0 Å². The largest absolute Gasteiger partial charge is 0.493 e. The molecule has 1 fully saturated rings. The fourth-order valence-corrected chi connectivity index (χ4v) is 2.20. The Balaban J connectivity index is 2.36. The van der Waals surface area contributed by atoms with E-state index < -0.39 is 0 Å². The highest BCUT2D eigenvalue weighted by Crippen LogP contribution is 2.43. The summed E-state index contributed by atoms with van der Waals surface area (Å²) in [7, 11) is 3.29. The molecule has 1 aliphatic carbocycles. The van der Waals surface area contributed by atoms with Gasteiger partial charge in [0.25, 0.3) is 0 Å². The van der Waals surface area contributed by atoms with Gasteiger partial charge in [-0.15, -0.1) is 0 Å². The van der Waals surface area contributed by atoms with Crippen molar-refractivity contribution in [2.45, 2.75) is 19.3 Å². The minimum absolute atomic E-state index is 0.0677. The number of nitrogens with two attached hydrogens (primary N) is 1. The van der Waals surface area contributed by atoms with Crippen LogP contribution >= 0.6 is 0 Å². The zero-order valence-electron chi connectivity index (χ0n) is 9.69. The minimum atomic E-state index is -0.374. The van der Waals surface area contributed by atoms with Gasteiger partial charge in [0.1, 0.15) is 5.69 Å². The molecular weight excluding hydrogens is 206 g/mol. The molecule has 0 saturated heterocycles. The average Bonchev–Trinajstić information content (AvgIpc) is 2.58. The summed E-state index contributed by atoms with van der Waals surface area (Å²) in [6.45, 7) is 0.403. The Hall–Kier alpha value is -1.36. The number of ether oxygens (including phenoxy) is 1.